The van der Waals surface area contributed by atoms with E-state index in [-0.39, 0.29) is 11.9 Å². The maximum absolute atomic E-state index is 11.3. The Morgan fingerprint density at radius 3 is 2.92 bits per heavy atom. The van der Waals surface area contributed by atoms with Crippen molar-refractivity contribution in [3.8, 4) is 0 Å². The smallest absolute Gasteiger partial charge is 0.222 e. The van der Waals surface area contributed by atoms with Gasteiger partial charge in [0.2, 0.25) is 5.91 Å². The van der Waals surface area contributed by atoms with Crippen LogP contribution in [-0.4, -0.2) is 29.9 Å². The van der Waals surface area contributed by atoms with E-state index in [0.717, 1.165) is 38.8 Å². The van der Waals surface area contributed by atoms with Gasteiger partial charge in [-0.25, -0.2) is 0 Å². The summed E-state index contributed by atoms with van der Waals surface area (Å²) in [4.78, 5) is 13.2. The van der Waals surface area contributed by atoms with Crippen molar-refractivity contribution < 1.29 is 4.79 Å². The number of carbonyl (C=O) groups is 1. The normalized spacial score (nSPS) is 21.2. The first-order valence-corrected chi connectivity index (χ1v) is 4.77. The molecule has 0 aliphatic carbocycles. The van der Waals surface area contributed by atoms with Crippen molar-refractivity contribution in [1.29, 1.82) is 0 Å². The summed E-state index contributed by atoms with van der Waals surface area (Å²) in [6.45, 7) is 3.71. The zero-order valence-electron chi connectivity index (χ0n) is 7.75. The molecule has 12 heavy (non-hydrogen) atoms. The third-order valence-electron chi connectivity index (χ3n) is 2.40. The van der Waals surface area contributed by atoms with E-state index in [4.69, 9.17) is 5.73 Å². The Bertz CT molecular complexity index is 159. The van der Waals surface area contributed by atoms with Gasteiger partial charge in [-0.2, -0.15) is 0 Å². The largest absolute Gasteiger partial charge is 0.341 e. The van der Waals surface area contributed by atoms with Gasteiger partial charge < -0.3 is 10.6 Å². The third kappa shape index (κ3) is 2.48. The number of hydrogen-bond acceptors (Lipinski definition) is 2. The highest BCUT2D eigenvalue weighted by molar-refractivity contribution is 5.76. The van der Waals surface area contributed by atoms with E-state index in [2.05, 4.69) is 6.92 Å². The van der Waals surface area contributed by atoms with Crippen molar-refractivity contribution in [2.75, 3.05) is 13.1 Å². The summed E-state index contributed by atoms with van der Waals surface area (Å²) in [5.74, 6) is 0.283. The number of nitrogens with two attached hydrogens (primary N) is 1. The van der Waals surface area contributed by atoms with Gasteiger partial charge in [-0.15, -0.1) is 0 Å². The van der Waals surface area contributed by atoms with Crippen LogP contribution >= 0.6 is 0 Å². The molecule has 0 spiro atoms. The number of piperidine rings is 1. The molecule has 1 unspecified atom stereocenters. The summed E-state index contributed by atoms with van der Waals surface area (Å²) in [7, 11) is 0. The Hall–Kier alpha value is -0.570. The molecule has 1 amide bonds. The van der Waals surface area contributed by atoms with Crippen LogP contribution < -0.4 is 5.73 Å². The average Bonchev–Trinajstić information content (AvgIpc) is 2.09. The molecule has 3 nitrogen and oxygen atoms in total. The Labute approximate surface area is 73.9 Å². The lowest BCUT2D eigenvalue weighted by Gasteiger charge is -2.28. The van der Waals surface area contributed by atoms with E-state index in [9.17, 15) is 4.79 Å². The lowest BCUT2D eigenvalue weighted by atomic mass is 10.1. The highest BCUT2D eigenvalue weighted by Gasteiger charge is 2.18. The standard InChI is InChI=1S/C9H18N2O/c1-2-8(10)7-11-6-4-3-5-9(11)12/h8H,2-7,10H2,1H3. The maximum atomic E-state index is 11.3. The number of amides is 1. The minimum absolute atomic E-state index is 0.159. The molecule has 3 heteroatoms. The van der Waals surface area contributed by atoms with Crippen LogP contribution in [0, 0.1) is 0 Å². The van der Waals surface area contributed by atoms with Crippen molar-refractivity contribution in [1.82, 2.24) is 4.90 Å². The molecule has 1 rings (SSSR count). The molecule has 0 radical (unpaired) electrons. The van der Waals surface area contributed by atoms with Gasteiger partial charge in [-0.3, -0.25) is 4.79 Å². The van der Waals surface area contributed by atoms with Crippen LogP contribution in [0.25, 0.3) is 0 Å². The van der Waals surface area contributed by atoms with Crippen LogP contribution in [0.5, 0.6) is 0 Å². The maximum Gasteiger partial charge on any atom is 0.222 e. The third-order valence-corrected chi connectivity index (χ3v) is 2.40. The first-order chi connectivity index (χ1) is 5.74. The van der Waals surface area contributed by atoms with E-state index < -0.39 is 0 Å². The SMILES string of the molecule is CCC(N)CN1CCCCC1=O. The Balaban J connectivity index is 2.34. The lowest BCUT2D eigenvalue weighted by molar-refractivity contribution is -0.133. The topological polar surface area (TPSA) is 46.3 Å². The second-order valence-corrected chi connectivity index (χ2v) is 3.47. The van der Waals surface area contributed by atoms with Gasteiger partial charge in [0.1, 0.15) is 0 Å². The summed E-state index contributed by atoms with van der Waals surface area (Å²) >= 11 is 0. The summed E-state index contributed by atoms with van der Waals surface area (Å²) in [6, 6.07) is 0.159. The molecule has 0 aromatic carbocycles. The van der Waals surface area contributed by atoms with Crippen molar-refractivity contribution in [3.05, 3.63) is 0 Å². The first kappa shape index (κ1) is 9.52. The molecule has 1 fully saturated rings. The molecule has 1 saturated heterocycles. The van der Waals surface area contributed by atoms with Crippen molar-refractivity contribution in [2.24, 2.45) is 5.73 Å². The minimum Gasteiger partial charge on any atom is -0.341 e. The Morgan fingerprint density at radius 1 is 1.58 bits per heavy atom. The number of hydrogen-bond donors (Lipinski definition) is 1. The van der Waals surface area contributed by atoms with E-state index >= 15 is 0 Å². The first-order valence-electron chi connectivity index (χ1n) is 4.77. The molecule has 2 N–H and O–H groups in total. The van der Waals surface area contributed by atoms with Crippen LogP contribution in [0.4, 0.5) is 0 Å². The number of likely N-dealkylation sites (tertiary alicyclic amines) is 1. The van der Waals surface area contributed by atoms with Gasteiger partial charge in [-0.1, -0.05) is 6.92 Å². The van der Waals surface area contributed by atoms with Crippen LogP contribution in [0.1, 0.15) is 32.6 Å². The van der Waals surface area contributed by atoms with Crippen LogP contribution in [0.2, 0.25) is 0 Å². The predicted molar refractivity (Wildman–Crippen MR) is 48.7 cm³/mol. The number of carbonyl (C=O) groups excluding carboxylic acids is 1. The van der Waals surface area contributed by atoms with Crippen molar-refractivity contribution >= 4 is 5.91 Å². The van der Waals surface area contributed by atoms with E-state index in [1.54, 1.807) is 0 Å². The summed E-state index contributed by atoms with van der Waals surface area (Å²) in [5.41, 5.74) is 5.77. The molecular formula is C9H18N2O. The van der Waals surface area contributed by atoms with Gasteiger partial charge >= 0.3 is 0 Å². The molecule has 70 valence electrons. The predicted octanol–water partition coefficient (Wildman–Crippen LogP) is 0.736. The lowest BCUT2D eigenvalue weighted by Crippen LogP contribution is -2.43. The van der Waals surface area contributed by atoms with Crippen LogP contribution in [-0.2, 0) is 4.79 Å². The van der Waals surface area contributed by atoms with Gasteiger partial charge in [0.05, 0.1) is 0 Å². The molecule has 1 aliphatic rings. The Morgan fingerprint density at radius 2 is 2.33 bits per heavy atom. The summed E-state index contributed by atoms with van der Waals surface area (Å²) in [6.07, 6.45) is 3.86. The molecule has 0 bridgehead atoms. The minimum atomic E-state index is 0.159. The highest BCUT2D eigenvalue weighted by atomic mass is 16.2. The van der Waals surface area contributed by atoms with E-state index in [1.165, 1.54) is 0 Å². The fourth-order valence-electron chi connectivity index (χ4n) is 1.47. The van der Waals surface area contributed by atoms with Crippen LogP contribution in [0.3, 0.4) is 0 Å². The van der Waals surface area contributed by atoms with Crippen molar-refractivity contribution in [2.45, 2.75) is 38.6 Å². The Kier molecular flexibility index (Phi) is 3.53. The molecule has 1 atom stereocenters. The quantitative estimate of drug-likeness (QED) is 0.679. The van der Waals surface area contributed by atoms with Gasteiger partial charge in [-0.05, 0) is 19.3 Å². The second kappa shape index (κ2) is 4.45. The average molecular weight is 170 g/mol. The van der Waals surface area contributed by atoms with Gasteiger partial charge in [0.15, 0.2) is 0 Å². The molecule has 0 aromatic heterocycles. The molecular weight excluding hydrogens is 152 g/mol. The zero-order chi connectivity index (χ0) is 8.97. The second-order valence-electron chi connectivity index (χ2n) is 3.47. The highest BCUT2D eigenvalue weighted by Crippen LogP contribution is 2.10. The van der Waals surface area contributed by atoms with Gasteiger partial charge in [0, 0.05) is 25.6 Å². The number of rotatable bonds is 3. The summed E-state index contributed by atoms with van der Waals surface area (Å²) in [5, 5.41) is 0. The van der Waals surface area contributed by atoms with Gasteiger partial charge in [0.25, 0.3) is 0 Å². The van der Waals surface area contributed by atoms with Crippen LogP contribution in [0.15, 0.2) is 0 Å². The van der Waals surface area contributed by atoms with Crippen molar-refractivity contribution in [3.63, 3.8) is 0 Å². The van der Waals surface area contributed by atoms with E-state index in [0.29, 0.717) is 0 Å². The monoisotopic (exact) mass is 170 g/mol. The fraction of sp³-hybridized carbons (Fsp3) is 0.889. The summed E-state index contributed by atoms with van der Waals surface area (Å²) < 4.78 is 0. The fourth-order valence-corrected chi connectivity index (χ4v) is 1.47. The molecule has 1 aliphatic heterocycles. The zero-order valence-corrected chi connectivity index (χ0v) is 7.75. The van der Waals surface area contributed by atoms with E-state index in [1.807, 2.05) is 4.90 Å². The number of nitrogens with zero attached hydrogens (tertiary/aromatic N) is 1. The molecule has 0 saturated carbocycles. The molecule has 0 aromatic rings. The molecule has 1 heterocycles.